The molecule has 0 aliphatic heterocycles. The van der Waals surface area contributed by atoms with Gasteiger partial charge in [-0.2, -0.15) is 12.6 Å². The van der Waals surface area contributed by atoms with E-state index in [9.17, 15) is 0 Å². The molecule has 17 heavy (non-hydrogen) atoms. The number of hydrogen-bond acceptors (Lipinski definition) is 2. The Hall–Kier alpha value is -0.470. The largest absolute Gasteiger partial charge is 0.312 e. The van der Waals surface area contributed by atoms with Crippen molar-refractivity contribution in [3.05, 3.63) is 35.4 Å². The Kier molecular flexibility index (Phi) is 5.40. The summed E-state index contributed by atoms with van der Waals surface area (Å²) in [6.45, 7) is 1.94. The molecule has 94 valence electrons. The average molecular weight is 249 g/mol. The van der Waals surface area contributed by atoms with Crippen LogP contribution in [0.1, 0.15) is 49.1 Å². The summed E-state index contributed by atoms with van der Waals surface area (Å²) in [4.78, 5) is 0. The van der Waals surface area contributed by atoms with Crippen molar-refractivity contribution in [1.29, 1.82) is 0 Å². The monoisotopic (exact) mass is 249 g/mol. The second-order valence-electron chi connectivity index (χ2n) is 4.98. The van der Waals surface area contributed by atoms with E-state index in [1.807, 2.05) is 0 Å². The predicted octanol–water partition coefficient (Wildman–Crippen LogP) is 3.75. The van der Waals surface area contributed by atoms with Crippen LogP contribution in [-0.4, -0.2) is 12.3 Å². The van der Waals surface area contributed by atoms with Crippen molar-refractivity contribution in [1.82, 2.24) is 5.32 Å². The molecule has 0 saturated heterocycles. The second kappa shape index (κ2) is 7.07. The van der Waals surface area contributed by atoms with Gasteiger partial charge in [-0.1, -0.05) is 43.5 Å². The summed E-state index contributed by atoms with van der Waals surface area (Å²) in [7, 11) is 0. The van der Waals surface area contributed by atoms with E-state index in [2.05, 4.69) is 42.2 Å². The minimum absolute atomic E-state index is 0.822. The quantitative estimate of drug-likeness (QED) is 0.598. The van der Waals surface area contributed by atoms with Crippen molar-refractivity contribution in [2.45, 2.75) is 44.6 Å². The summed E-state index contributed by atoms with van der Waals surface area (Å²) in [5, 5.41) is 3.37. The highest BCUT2D eigenvalue weighted by Gasteiger charge is 2.14. The summed E-state index contributed by atoms with van der Waals surface area (Å²) in [6, 6.07) is 9.20. The summed E-state index contributed by atoms with van der Waals surface area (Å²) in [5.74, 6) is 1.73. The average Bonchev–Trinajstić information content (AvgIpc) is 2.41. The maximum absolute atomic E-state index is 4.19. The summed E-state index contributed by atoms with van der Waals surface area (Å²) in [5.41, 5.74) is 2.92. The third-order valence-corrected chi connectivity index (χ3v) is 3.90. The SMILES string of the molecule is SCCNCc1ccc(C2CCCCC2)cc1. The highest BCUT2D eigenvalue weighted by Crippen LogP contribution is 2.32. The van der Waals surface area contributed by atoms with Gasteiger partial charge in [-0.05, 0) is 29.9 Å². The highest BCUT2D eigenvalue weighted by atomic mass is 32.1. The number of benzene rings is 1. The van der Waals surface area contributed by atoms with E-state index in [0.29, 0.717) is 0 Å². The van der Waals surface area contributed by atoms with Gasteiger partial charge in [-0.15, -0.1) is 0 Å². The Morgan fingerprint density at radius 3 is 2.41 bits per heavy atom. The Morgan fingerprint density at radius 2 is 1.76 bits per heavy atom. The van der Waals surface area contributed by atoms with Gasteiger partial charge in [-0.3, -0.25) is 0 Å². The van der Waals surface area contributed by atoms with Crippen molar-refractivity contribution in [3.8, 4) is 0 Å². The van der Waals surface area contributed by atoms with Crippen molar-refractivity contribution in [2.24, 2.45) is 0 Å². The number of thiol groups is 1. The van der Waals surface area contributed by atoms with E-state index >= 15 is 0 Å². The van der Waals surface area contributed by atoms with Gasteiger partial charge >= 0.3 is 0 Å². The lowest BCUT2D eigenvalue weighted by molar-refractivity contribution is 0.443. The maximum atomic E-state index is 4.19. The molecule has 1 aliphatic rings. The molecule has 1 nitrogen and oxygen atoms in total. The van der Waals surface area contributed by atoms with Gasteiger partial charge in [0.05, 0.1) is 0 Å². The standard InChI is InChI=1S/C15H23NS/c17-11-10-16-12-13-6-8-15(9-7-13)14-4-2-1-3-5-14/h6-9,14,16-17H,1-5,10-12H2. The van der Waals surface area contributed by atoms with Crippen LogP contribution in [0.2, 0.25) is 0 Å². The number of nitrogens with one attached hydrogen (secondary N) is 1. The topological polar surface area (TPSA) is 12.0 Å². The smallest absolute Gasteiger partial charge is 0.0205 e. The minimum atomic E-state index is 0.822. The third-order valence-electron chi connectivity index (χ3n) is 3.67. The van der Waals surface area contributed by atoms with Crippen molar-refractivity contribution < 1.29 is 0 Å². The van der Waals surface area contributed by atoms with Gasteiger partial charge in [-0.25, -0.2) is 0 Å². The third kappa shape index (κ3) is 4.04. The molecule has 0 spiro atoms. The molecule has 0 atom stereocenters. The first-order chi connectivity index (χ1) is 8.40. The van der Waals surface area contributed by atoms with Gasteiger partial charge in [0.25, 0.3) is 0 Å². The first-order valence-electron chi connectivity index (χ1n) is 6.80. The number of rotatable bonds is 5. The summed E-state index contributed by atoms with van der Waals surface area (Å²) < 4.78 is 0. The molecular formula is C15H23NS. The van der Waals surface area contributed by atoms with Crippen molar-refractivity contribution in [2.75, 3.05) is 12.3 Å². The lowest BCUT2D eigenvalue weighted by Crippen LogP contribution is -2.15. The first kappa shape index (κ1) is 13.0. The lowest BCUT2D eigenvalue weighted by Gasteiger charge is -2.22. The first-order valence-corrected chi connectivity index (χ1v) is 7.44. The van der Waals surface area contributed by atoms with Crippen LogP contribution in [0.3, 0.4) is 0 Å². The fraction of sp³-hybridized carbons (Fsp3) is 0.600. The molecule has 1 aromatic rings. The molecule has 2 heteroatoms. The van der Waals surface area contributed by atoms with Crippen molar-refractivity contribution in [3.63, 3.8) is 0 Å². The van der Waals surface area contributed by atoms with E-state index in [0.717, 1.165) is 24.8 Å². The molecule has 2 rings (SSSR count). The zero-order valence-corrected chi connectivity index (χ0v) is 11.4. The summed E-state index contributed by atoms with van der Waals surface area (Å²) >= 11 is 4.19. The van der Waals surface area contributed by atoms with Gasteiger partial charge in [0.2, 0.25) is 0 Å². The molecule has 0 heterocycles. The molecule has 1 aliphatic carbocycles. The van der Waals surface area contributed by atoms with Crippen LogP contribution in [0.15, 0.2) is 24.3 Å². The predicted molar refractivity (Wildman–Crippen MR) is 77.8 cm³/mol. The minimum Gasteiger partial charge on any atom is -0.312 e. The molecule has 0 aromatic heterocycles. The van der Waals surface area contributed by atoms with Crippen LogP contribution in [0.25, 0.3) is 0 Å². The molecule has 0 amide bonds. The molecule has 0 radical (unpaired) electrons. The molecular weight excluding hydrogens is 226 g/mol. The van der Waals surface area contributed by atoms with Crippen LogP contribution in [0.4, 0.5) is 0 Å². The molecule has 1 fully saturated rings. The Morgan fingerprint density at radius 1 is 1.06 bits per heavy atom. The molecule has 0 unspecified atom stereocenters. The van der Waals surface area contributed by atoms with E-state index in [1.54, 1.807) is 5.56 Å². The fourth-order valence-electron chi connectivity index (χ4n) is 2.66. The zero-order valence-electron chi connectivity index (χ0n) is 10.5. The molecule has 1 N–H and O–H groups in total. The normalized spacial score (nSPS) is 17.2. The van der Waals surface area contributed by atoms with E-state index in [-0.39, 0.29) is 0 Å². The van der Waals surface area contributed by atoms with Crippen LogP contribution in [-0.2, 0) is 6.54 Å². The Bertz CT molecular complexity index is 314. The van der Waals surface area contributed by atoms with Gasteiger partial charge in [0, 0.05) is 18.8 Å². The molecule has 1 aromatic carbocycles. The van der Waals surface area contributed by atoms with Crippen LogP contribution >= 0.6 is 12.6 Å². The number of hydrogen-bond donors (Lipinski definition) is 2. The van der Waals surface area contributed by atoms with E-state index < -0.39 is 0 Å². The Labute approximate surface area is 110 Å². The van der Waals surface area contributed by atoms with Gasteiger partial charge in [0.15, 0.2) is 0 Å². The lowest BCUT2D eigenvalue weighted by atomic mass is 9.84. The maximum Gasteiger partial charge on any atom is 0.0205 e. The fourth-order valence-corrected chi connectivity index (χ4v) is 2.81. The summed E-state index contributed by atoms with van der Waals surface area (Å²) in [6.07, 6.45) is 7.03. The van der Waals surface area contributed by atoms with Gasteiger partial charge in [0.1, 0.15) is 0 Å². The Balaban J connectivity index is 1.88. The highest BCUT2D eigenvalue weighted by molar-refractivity contribution is 7.80. The zero-order chi connectivity index (χ0) is 11.9. The second-order valence-corrected chi connectivity index (χ2v) is 5.42. The van der Waals surface area contributed by atoms with Crippen molar-refractivity contribution >= 4 is 12.6 Å². The van der Waals surface area contributed by atoms with E-state index in [1.165, 1.54) is 37.7 Å². The van der Waals surface area contributed by atoms with E-state index in [4.69, 9.17) is 0 Å². The molecule has 0 bridgehead atoms. The molecule has 1 saturated carbocycles. The van der Waals surface area contributed by atoms with Crippen LogP contribution in [0, 0.1) is 0 Å². The van der Waals surface area contributed by atoms with Crippen LogP contribution < -0.4 is 5.32 Å². The van der Waals surface area contributed by atoms with Crippen LogP contribution in [0.5, 0.6) is 0 Å². The van der Waals surface area contributed by atoms with Gasteiger partial charge < -0.3 is 5.32 Å².